The van der Waals surface area contributed by atoms with Crippen LogP contribution in [-0.2, 0) is 19.6 Å². The van der Waals surface area contributed by atoms with E-state index in [-0.39, 0.29) is 22.2 Å². The lowest BCUT2D eigenvalue weighted by Crippen LogP contribution is -2.38. The molecule has 0 radical (unpaired) electrons. The van der Waals surface area contributed by atoms with Gasteiger partial charge in [-0.05, 0) is 49.2 Å². The Morgan fingerprint density at radius 1 is 1.09 bits per heavy atom. The quantitative estimate of drug-likeness (QED) is 0.640. The van der Waals surface area contributed by atoms with E-state index in [1.54, 1.807) is 19.2 Å². The summed E-state index contributed by atoms with van der Waals surface area (Å²) in [5, 5.41) is 11.3. The number of ether oxygens (including phenoxy) is 1. The van der Waals surface area contributed by atoms with Crippen LogP contribution in [0.25, 0.3) is 0 Å². The van der Waals surface area contributed by atoms with Gasteiger partial charge in [0.1, 0.15) is 4.90 Å². The van der Waals surface area contributed by atoms with E-state index < -0.39 is 28.5 Å². The molecule has 0 spiro atoms. The first-order chi connectivity index (χ1) is 15.3. The van der Waals surface area contributed by atoms with Crippen LogP contribution in [0.15, 0.2) is 53.4 Å². The van der Waals surface area contributed by atoms with Gasteiger partial charge in [-0.15, -0.1) is 0 Å². The average Bonchev–Trinajstić information content (AvgIpc) is 2.83. The van der Waals surface area contributed by atoms with Crippen LogP contribution in [0.1, 0.15) is 48.0 Å². The number of hydrogen-bond donors (Lipinski definition) is 1. The average molecular weight is 456 g/mol. The molecule has 1 N–H and O–H groups in total. The molecule has 1 aliphatic rings. The van der Waals surface area contributed by atoms with Gasteiger partial charge in [0.2, 0.25) is 10.0 Å². The molecule has 0 unspecified atom stereocenters. The second-order valence-corrected chi connectivity index (χ2v) is 9.59. The summed E-state index contributed by atoms with van der Waals surface area (Å²) in [7, 11) is -2.24. The Morgan fingerprint density at radius 3 is 2.41 bits per heavy atom. The fourth-order valence-electron chi connectivity index (χ4n) is 3.67. The molecule has 1 amide bonds. The van der Waals surface area contributed by atoms with Gasteiger partial charge < -0.3 is 10.1 Å². The van der Waals surface area contributed by atoms with Crippen molar-refractivity contribution in [3.8, 4) is 6.07 Å². The number of nitriles is 1. The molecule has 0 aliphatic heterocycles. The second-order valence-electron chi connectivity index (χ2n) is 7.62. The molecular formula is C23H25N3O5S. The molecular weight excluding hydrogens is 430 g/mol. The van der Waals surface area contributed by atoms with E-state index in [4.69, 9.17) is 10.00 Å². The summed E-state index contributed by atoms with van der Waals surface area (Å²) < 4.78 is 32.8. The Balaban J connectivity index is 1.66. The van der Waals surface area contributed by atoms with Crippen molar-refractivity contribution in [1.82, 2.24) is 4.31 Å². The summed E-state index contributed by atoms with van der Waals surface area (Å²) in [4.78, 5) is 24.5. The van der Waals surface area contributed by atoms with Crippen LogP contribution in [-0.4, -0.2) is 44.3 Å². The first kappa shape index (κ1) is 23.4. The van der Waals surface area contributed by atoms with Gasteiger partial charge in [-0.2, -0.15) is 9.57 Å². The summed E-state index contributed by atoms with van der Waals surface area (Å²) in [6.07, 6.45) is 4.73. The van der Waals surface area contributed by atoms with Crippen molar-refractivity contribution < 1.29 is 22.7 Å². The number of amides is 1. The topological polar surface area (TPSA) is 117 Å². The highest BCUT2D eigenvalue weighted by molar-refractivity contribution is 7.89. The maximum atomic E-state index is 13.2. The molecule has 0 bridgehead atoms. The minimum atomic E-state index is -3.81. The first-order valence-electron chi connectivity index (χ1n) is 10.4. The molecule has 0 saturated heterocycles. The third-order valence-electron chi connectivity index (χ3n) is 5.49. The van der Waals surface area contributed by atoms with Crippen molar-refractivity contribution in [3.05, 3.63) is 59.7 Å². The zero-order chi connectivity index (χ0) is 23.1. The van der Waals surface area contributed by atoms with Gasteiger partial charge in [0.15, 0.2) is 6.61 Å². The van der Waals surface area contributed by atoms with Crippen LogP contribution in [0.5, 0.6) is 0 Å². The summed E-state index contributed by atoms with van der Waals surface area (Å²) in [6.45, 7) is -0.578. The number of anilines is 1. The predicted molar refractivity (Wildman–Crippen MR) is 118 cm³/mol. The van der Waals surface area contributed by atoms with Crippen LogP contribution < -0.4 is 5.32 Å². The van der Waals surface area contributed by atoms with Gasteiger partial charge in [0.05, 0.1) is 22.9 Å². The minimum absolute atomic E-state index is 0.000146. The van der Waals surface area contributed by atoms with Crippen molar-refractivity contribution >= 4 is 27.6 Å². The van der Waals surface area contributed by atoms with Crippen LogP contribution in [0.4, 0.5) is 5.69 Å². The third-order valence-corrected chi connectivity index (χ3v) is 7.46. The molecule has 168 valence electrons. The van der Waals surface area contributed by atoms with E-state index in [0.717, 1.165) is 32.1 Å². The number of para-hydroxylation sites is 1. The zero-order valence-electron chi connectivity index (χ0n) is 17.8. The fourth-order valence-corrected chi connectivity index (χ4v) is 5.23. The number of hydrogen-bond acceptors (Lipinski definition) is 6. The maximum Gasteiger partial charge on any atom is 0.338 e. The van der Waals surface area contributed by atoms with E-state index in [9.17, 15) is 18.0 Å². The van der Waals surface area contributed by atoms with E-state index in [2.05, 4.69) is 5.32 Å². The van der Waals surface area contributed by atoms with Crippen molar-refractivity contribution in [3.63, 3.8) is 0 Å². The smallest absolute Gasteiger partial charge is 0.338 e. The SMILES string of the molecule is CN(C1CCCCC1)S(=O)(=O)c1ccccc1NC(=O)COC(=O)c1ccc(C#N)cc1. The Labute approximate surface area is 187 Å². The molecule has 2 aromatic rings. The molecule has 0 heterocycles. The fraction of sp³-hybridized carbons (Fsp3) is 0.348. The normalized spacial score (nSPS) is 14.5. The number of esters is 1. The molecule has 0 aromatic heterocycles. The molecule has 3 rings (SSSR count). The van der Waals surface area contributed by atoms with E-state index >= 15 is 0 Å². The summed E-state index contributed by atoms with van der Waals surface area (Å²) >= 11 is 0. The van der Waals surface area contributed by atoms with Crippen molar-refractivity contribution in [2.24, 2.45) is 0 Å². The van der Waals surface area contributed by atoms with Gasteiger partial charge in [-0.1, -0.05) is 31.4 Å². The molecule has 1 fully saturated rings. The summed E-state index contributed by atoms with van der Waals surface area (Å²) in [5.74, 6) is -1.38. The van der Waals surface area contributed by atoms with Gasteiger partial charge >= 0.3 is 5.97 Å². The van der Waals surface area contributed by atoms with Crippen LogP contribution in [0.2, 0.25) is 0 Å². The van der Waals surface area contributed by atoms with Gasteiger partial charge in [0, 0.05) is 13.1 Å². The Bertz CT molecular complexity index is 1120. The number of nitrogens with zero attached hydrogens (tertiary/aromatic N) is 2. The highest BCUT2D eigenvalue weighted by Gasteiger charge is 2.31. The number of carbonyl (C=O) groups excluding carboxylic acids is 2. The Kier molecular flexibility index (Phi) is 7.62. The van der Waals surface area contributed by atoms with Gasteiger partial charge in [-0.3, -0.25) is 4.79 Å². The zero-order valence-corrected chi connectivity index (χ0v) is 18.6. The number of sulfonamides is 1. The van der Waals surface area contributed by atoms with Crippen molar-refractivity contribution in [2.75, 3.05) is 19.0 Å². The van der Waals surface area contributed by atoms with Crippen LogP contribution in [0.3, 0.4) is 0 Å². The maximum absolute atomic E-state index is 13.2. The lowest BCUT2D eigenvalue weighted by Gasteiger charge is -2.30. The van der Waals surface area contributed by atoms with Crippen LogP contribution in [0, 0.1) is 11.3 Å². The number of nitrogens with one attached hydrogen (secondary N) is 1. The molecule has 9 heteroatoms. The monoisotopic (exact) mass is 455 g/mol. The third kappa shape index (κ3) is 5.52. The Morgan fingerprint density at radius 2 is 1.75 bits per heavy atom. The number of rotatable bonds is 7. The lowest BCUT2D eigenvalue weighted by molar-refractivity contribution is -0.119. The highest BCUT2D eigenvalue weighted by Crippen LogP contribution is 2.29. The summed E-state index contributed by atoms with van der Waals surface area (Å²) in [6, 6.07) is 13.9. The second kappa shape index (κ2) is 10.4. The highest BCUT2D eigenvalue weighted by atomic mass is 32.2. The molecule has 0 atom stereocenters. The standard InChI is InChI=1S/C23H25N3O5S/c1-26(19-7-3-2-4-8-19)32(29,30)21-10-6-5-9-20(21)25-22(27)16-31-23(28)18-13-11-17(15-24)12-14-18/h5-6,9-14,19H,2-4,7-8,16H2,1H3,(H,25,27). The number of benzene rings is 2. The molecule has 2 aromatic carbocycles. The van der Waals surface area contributed by atoms with E-state index in [1.807, 2.05) is 6.07 Å². The first-order valence-corrected chi connectivity index (χ1v) is 11.8. The molecule has 1 aliphatic carbocycles. The largest absolute Gasteiger partial charge is 0.452 e. The minimum Gasteiger partial charge on any atom is -0.452 e. The molecule has 1 saturated carbocycles. The van der Waals surface area contributed by atoms with Crippen molar-refractivity contribution in [2.45, 2.75) is 43.0 Å². The van der Waals surface area contributed by atoms with Crippen LogP contribution >= 0.6 is 0 Å². The Hall–Kier alpha value is -3.22. The summed E-state index contributed by atoms with van der Waals surface area (Å²) in [5.41, 5.74) is 0.735. The molecule has 8 nitrogen and oxygen atoms in total. The van der Waals surface area contributed by atoms with Crippen molar-refractivity contribution in [1.29, 1.82) is 5.26 Å². The van der Waals surface area contributed by atoms with Gasteiger partial charge in [0.25, 0.3) is 5.91 Å². The van der Waals surface area contributed by atoms with Gasteiger partial charge in [-0.25, -0.2) is 13.2 Å². The van der Waals surface area contributed by atoms with E-state index in [1.165, 1.54) is 40.7 Å². The number of carbonyl (C=O) groups is 2. The predicted octanol–water partition coefficient (Wildman–Crippen LogP) is 3.31. The molecule has 32 heavy (non-hydrogen) atoms. The van der Waals surface area contributed by atoms with E-state index in [0.29, 0.717) is 5.56 Å². The lowest BCUT2D eigenvalue weighted by atomic mass is 9.96.